The molecule has 10 nitrogen and oxygen atoms in total. The average molecular weight is 334 g/mol. The Balaban J connectivity index is 2.16. The zero-order chi connectivity index (χ0) is 17.9. The Morgan fingerprint density at radius 2 is 2.17 bits per heavy atom. The summed E-state index contributed by atoms with van der Waals surface area (Å²) in [5, 5.41) is 20.3. The first-order valence-electron chi connectivity index (χ1n) is 7.31. The van der Waals surface area contributed by atoms with E-state index in [1.807, 2.05) is 13.8 Å². The van der Waals surface area contributed by atoms with Gasteiger partial charge in [0.25, 0.3) is 11.2 Å². The SMILES string of the molecule is Cc1nc(C(NC(=O)Cn2cc([N+](=O)[O-])ccc2=O)C(C)C)n[nH]1. The monoisotopic (exact) mass is 334 g/mol. The molecule has 2 heterocycles. The van der Waals surface area contributed by atoms with Gasteiger partial charge in [0.05, 0.1) is 17.2 Å². The van der Waals surface area contributed by atoms with Crippen molar-refractivity contribution in [3.05, 3.63) is 50.4 Å². The third-order valence-electron chi connectivity index (χ3n) is 3.37. The van der Waals surface area contributed by atoms with Gasteiger partial charge in [-0.15, -0.1) is 0 Å². The predicted octanol–water partition coefficient (Wildman–Crippen LogP) is 0.697. The molecule has 1 unspecified atom stereocenters. The van der Waals surface area contributed by atoms with Crippen molar-refractivity contribution in [2.24, 2.45) is 5.92 Å². The van der Waals surface area contributed by atoms with Crippen molar-refractivity contribution in [3.8, 4) is 0 Å². The van der Waals surface area contributed by atoms with Crippen LogP contribution in [0.25, 0.3) is 0 Å². The summed E-state index contributed by atoms with van der Waals surface area (Å²) >= 11 is 0. The summed E-state index contributed by atoms with van der Waals surface area (Å²) in [6, 6.07) is 1.73. The number of H-pyrrole nitrogens is 1. The highest BCUT2D eigenvalue weighted by molar-refractivity contribution is 5.76. The second-order valence-corrected chi connectivity index (χ2v) is 5.68. The van der Waals surface area contributed by atoms with Crippen LogP contribution >= 0.6 is 0 Å². The molecule has 0 saturated heterocycles. The minimum atomic E-state index is -0.624. The number of nitrogens with one attached hydrogen (secondary N) is 2. The number of hydrogen-bond acceptors (Lipinski definition) is 6. The first-order chi connectivity index (χ1) is 11.3. The van der Waals surface area contributed by atoms with Gasteiger partial charge in [0, 0.05) is 12.1 Å². The van der Waals surface area contributed by atoms with Gasteiger partial charge in [-0.1, -0.05) is 13.8 Å². The molecule has 10 heteroatoms. The van der Waals surface area contributed by atoms with Crippen molar-refractivity contribution in [1.29, 1.82) is 0 Å². The smallest absolute Gasteiger partial charge is 0.285 e. The number of nitro groups is 1. The average Bonchev–Trinajstić information content (AvgIpc) is 2.92. The number of carbonyl (C=O) groups is 1. The molecule has 0 saturated carbocycles. The molecule has 0 spiro atoms. The van der Waals surface area contributed by atoms with Crippen LogP contribution in [-0.4, -0.2) is 30.6 Å². The van der Waals surface area contributed by atoms with Gasteiger partial charge in [-0.3, -0.25) is 29.4 Å². The van der Waals surface area contributed by atoms with Crippen LogP contribution in [0.1, 0.15) is 31.5 Å². The van der Waals surface area contributed by atoms with Crippen LogP contribution in [0.5, 0.6) is 0 Å². The number of carbonyl (C=O) groups excluding carboxylic acids is 1. The summed E-state index contributed by atoms with van der Waals surface area (Å²) in [5.74, 6) is 0.631. The Morgan fingerprint density at radius 3 is 2.71 bits per heavy atom. The molecule has 24 heavy (non-hydrogen) atoms. The van der Waals surface area contributed by atoms with Gasteiger partial charge in [-0.05, 0) is 12.8 Å². The lowest BCUT2D eigenvalue weighted by atomic mass is 10.0. The second-order valence-electron chi connectivity index (χ2n) is 5.68. The van der Waals surface area contributed by atoms with Crippen LogP contribution in [0.15, 0.2) is 23.1 Å². The highest BCUT2D eigenvalue weighted by Crippen LogP contribution is 2.18. The summed E-state index contributed by atoms with van der Waals surface area (Å²) < 4.78 is 0.994. The van der Waals surface area contributed by atoms with E-state index in [0.29, 0.717) is 11.6 Å². The summed E-state index contributed by atoms with van der Waals surface area (Å²) in [6.45, 7) is 5.22. The van der Waals surface area contributed by atoms with Crippen LogP contribution in [0.2, 0.25) is 0 Å². The number of pyridine rings is 1. The molecule has 0 fully saturated rings. The Labute approximate surface area is 137 Å². The van der Waals surface area contributed by atoms with Crippen LogP contribution in [0.3, 0.4) is 0 Å². The summed E-state index contributed by atoms with van der Waals surface area (Å²) in [4.78, 5) is 38.3. The lowest BCUT2D eigenvalue weighted by Gasteiger charge is -2.19. The lowest BCUT2D eigenvalue weighted by molar-refractivity contribution is -0.385. The van der Waals surface area contributed by atoms with E-state index in [9.17, 15) is 19.7 Å². The first-order valence-corrected chi connectivity index (χ1v) is 7.31. The quantitative estimate of drug-likeness (QED) is 0.589. The van der Waals surface area contributed by atoms with E-state index in [1.54, 1.807) is 6.92 Å². The van der Waals surface area contributed by atoms with Crippen molar-refractivity contribution < 1.29 is 9.72 Å². The number of hydrogen-bond donors (Lipinski definition) is 2. The maximum absolute atomic E-state index is 12.2. The van der Waals surface area contributed by atoms with Gasteiger partial charge in [-0.2, -0.15) is 5.10 Å². The van der Waals surface area contributed by atoms with E-state index in [0.717, 1.165) is 22.9 Å². The molecule has 1 amide bonds. The molecule has 2 N–H and O–H groups in total. The molecule has 0 aliphatic carbocycles. The zero-order valence-electron chi connectivity index (χ0n) is 13.5. The van der Waals surface area contributed by atoms with Gasteiger partial charge in [0.15, 0.2) is 5.82 Å². The predicted molar refractivity (Wildman–Crippen MR) is 84.2 cm³/mol. The summed E-state index contributed by atoms with van der Waals surface area (Å²) in [6.07, 6.45) is 1.04. The largest absolute Gasteiger partial charge is 0.344 e. The molecule has 1 atom stereocenters. The molecule has 0 radical (unpaired) electrons. The standard InChI is InChI=1S/C14H18N6O4/c1-8(2)13(14-15-9(3)17-18-14)16-11(21)7-19-6-10(20(23)24)4-5-12(19)22/h4-6,8,13H,7H2,1-3H3,(H,16,21)(H,15,17,18). The van der Waals surface area contributed by atoms with Crippen LogP contribution in [0, 0.1) is 23.0 Å². The molecule has 0 bridgehead atoms. The molecule has 128 valence electrons. The van der Waals surface area contributed by atoms with Crippen LogP contribution in [-0.2, 0) is 11.3 Å². The fraction of sp³-hybridized carbons (Fsp3) is 0.429. The van der Waals surface area contributed by atoms with E-state index in [2.05, 4.69) is 20.5 Å². The number of amides is 1. The number of nitrogens with zero attached hydrogens (tertiary/aromatic N) is 4. The Bertz CT molecular complexity index is 810. The fourth-order valence-corrected chi connectivity index (χ4v) is 2.15. The minimum Gasteiger partial charge on any atom is -0.344 e. The second kappa shape index (κ2) is 7.02. The third kappa shape index (κ3) is 4.03. The van der Waals surface area contributed by atoms with Crippen LogP contribution in [0.4, 0.5) is 5.69 Å². The molecular weight excluding hydrogens is 316 g/mol. The van der Waals surface area contributed by atoms with Crippen molar-refractivity contribution in [2.45, 2.75) is 33.4 Å². The van der Waals surface area contributed by atoms with Gasteiger partial charge >= 0.3 is 0 Å². The van der Waals surface area contributed by atoms with E-state index in [1.165, 1.54) is 0 Å². The number of aromatic amines is 1. The van der Waals surface area contributed by atoms with Crippen molar-refractivity contribution >= 4 is 11.6 Å². The van der Waals surface area contributed by atoms with Gasteiger partial charge in [0.1, 0.15) is 12.4 Å². The van der Waals surface area contributed by atoms with E-state index in [4.69, 9.17) is 0 Å². The highest BCUT2D eigenvalue weighted by Gasteiger charge is 2.22. The minimum absolute atomic E-state index is 0.0194. The Kier molecular flexibility index (Phi) is 5.07. The molecule has 2 aromatic rings. The van der Waals surface area contributed by atoms with E-state index in [-0.39, 0.29) is 18.2 Å². The molecule has 2 rings (SSSR count). The van der Waals surface area contributed by atoms with Gasteiger partial charge in [-0.25, -0.2) is 4.98 Å². The van der Waals surface area contributed by atoms with Crippen molar-refractivity contribution in [1.82, 2.24) is 25.1 Å². The van der Waals surface area contributed by atoms with Crippen molar-refractivity contribution in [2.75, 3.05) is 0 Å². The van der Waals surface area contributed by atoms with Gasteiger partial charge in [0.2, 0.25) is 5.91 Å². The van der Waals surface area contributed by atoms with Crippen LogP contribution < -0.4 is 10.9 Å². The first kappa shape index (κ1) is 17.3. The maximum Gasteiger partial charge on any atom is 0.285 e. The third-order valence-corrected chi connectivity index (χ3v) is 3.37. The topological polar surface area (TPSA) is 136 Å². The maximum atomic E-state index is 12.2. The molecule has 0 aliphatic heterocycles. The van der Waals surface area contributed by atoms with E-state index < -0.39 is 22.4 Å². The number of aryl methyl sites for hydroxylation is 1. The summed E-state index contributed by atoms with van der Waals surface area (Å²) in [7, 11) is 0. The molecule has 0 aliphatic rings. The van der Waals surface area contributed by atoms with Gasteiger partial charge < -0.3 is 5.32 Å². The number of aromatic nitrogens is 4. The summed E-state index contributed by atoms with van der Waals surface area (Å²) in [5.41, 5.74) is -0.752. The van der Waals surface area contributed by atoms with Crippen molar-refractivity contribution in [3.63, 3.8) is 0 Å². The Morgan fingerprint density at radius 1 is 1.46 bits per heavy atom. The number of rotatable bonds is 6. The highest BCUT2D eigenvalue weighted by atomic mass is 16.6. The molecule has 2 aromatic heterocycles. The lowest BCUT2D eigenvalue weighted by Crippen LogP contribution is -2.37. The molecular formula is C14H18N6O4. The normalized spacial score (nSPS) is 12.2. The van der Waals surface area contributed by atoms with E-state index >= 15 is 0 Å². The fourth-order valence-electron chi connectivity index (χ4n) is 2.15. The zero-order valence-corrected chi connectivity index (χ0v) is 13.5. The molecule has 0 aromatic carbocycles. The Hall–Kier alpha value is -3.04.